The second-order valence-electron chi connectivity index (χ2n) is 6.02. The highest BCUT2D eigenvalue weighted by atomic mass is 16.3. The summed E-state index contributed by atoms with van der Waals surface area (Å²) < 4.78 is 0. The number of nitrogens with zero attached hydrogens (tertiary/aromatic N) is 2. The van der Waals surface area contributed by atoms with Gasteiger partial charge in [0.25, 0.3) is 0 Å². The lowest BCUT2D eigenvalue weighted by atomic mass is 9.85. The third-order valence-corrected chi connectivity index (χ3v) is 4.51. The molecule has 1 N–H and O–H groups in total. The summed E-state index contributed by atoms with van der Waals surface area (Å²) in [7, 11) is 0. The van der Waals surface area contributed by atoms with Gasteiger partial charge in [0.05, 0.1) is 6.61 Å². The summed E-state index contributed by atoms with van der Waals surface area (Å²) in [5.74, 6) is 0.713. The van der Waals surface area contributed by atoms with Crippen molar-refractivity contribution in [2.24, 2.45) is 5.92 Å². The lowest BCUT2D eigenvalue weighted by Crippen LogP contribution is -2.47. The first-order valence-electron chi connectivity index (χ1n) is 7.58. The molecule has 1 aliphatic heterocycles. The minimum Gasteiger partial charge on any atom is -0.395 e. The zero-order valence-corrected chi connectivity index (χ0v) is 12.3. The van der Waals surface area contributed by atoms with Gasteiger partial charge in [-0.25, -0.2) is 0 Å². The second-order valence-corrected chi connectivity index (χ2v) is 6.02. The van der Waals surface area contributed by atoms with Crippen LogP contribution < -0.4 is 0 Å². The molecule has 108 valence electrons. The minimum absolute atomic E-state index is 0.285. The third-order valence-electron chi connectivity index (χ3n) is 4.51. The van der Waals surface area contributed by atoms with Crippen LogP contribution in [0.15, 0.2) is 23.8 Å². The molecule has 1 unspecified atom stereocenters. The lowest BCUT2D eigenvalue weighted by molar-refractivity contribution is 0.117. The maximum absolute atomic E-state index is 8.94. The molecule has 0 amide bonds. The van der Waals surface area contributed by atoms with Crippen LogP contribution >= 0.6 is 0 Å². The predicted octanol–water partition coefficient (Wildman–Crippen LogP) is 1.90. The molecule has 1 heterocycles. The van der Waals surface area contributed by atoms with E-state index in [0.29, 0.717) is 5.92 Å². The molecule has 2 rings (SSSR count). The third kappa shape index (κ3) is 4.44. The Hall–Kier alpha value is -0.640. The van der Waals surface area contributed by atoms with Crippen LogP contribution in [0.2, 0.25) is 0 Å². The van der Waals surface area contributed by atoms with Crippen molar-refractivity contribution in [3.8, 4) is 0 Å². The summed E-state index contributed by atoms with van der Waals surface area (Å²) >= 11 is 0. The molecule has 1 aliphatic carbocycles. The van der Waals surface area contributed by atoms with Crippen LogP contribution in [0.25, 0.3) is 0 Å². The average molecular weight is 264 g/mol. The Morgan fingerprint density at radius 1 is 1.32 bits per heavy atom. The number of rotatable bonds is 5. The summed E-state index contributed by atoms with van der Waals surface area (Å²) in [6.45, 7) is 13.0. The van der Waals surface area contributed by atoms with Gasteiger partial charge in [0.2, 0.25) is 0 Å². The second kappa shape index (κ2) is 7.22. The van der Waals surface area contributed by atoms with Crippen LogP contribution in [0.1, 0.15) is 26.2 Å². The highest BCUT2D eigenvalue weighted by Crippen LogP contribution is 2.28. The zero-order chi connectivity index (χ0) is 13.7. The summed E-state index contributed by atoms with van der Waals surface area (Å²) in [5, 5.41) is 8.94. The first-order valence-corrected chi connectivity index (χ1v) is 7.58. The molecule has 19 heavy (non-hydrogen) atoms. The summed E-state index contributed by atoms with van der Waals surface area (Å²) in [5.41, 5.74) is 2.96. The number of allylic oxidation sites excluding steroid dienone is 2. The molecule has 3 nitrogen and oxygen atoms in total. The molecule has 0 bridgehead atoms. The highest BCUT2D eigenvalue weighted by molar-refractivity contribution is 5.13. The number of aliphatic hydroxyl groups is 1. The number of aliphatic hydroxyl groups excluding tert-OH is 1. The lowest BCUT2D eigenvalue weighted by Gasteiger charge is -2.35. The Morgan fingerprint density at radius 3 is 2.53 bits per heavy atom. The molecule has 0 aromatic rings. The minimum atomic E-state index is 0.285. The molecule has 2 aliphatic rings. The monoisotopic (exact) mass is 264 g/mol. The van der Waals surface area contributed by atoms with Crippen molar-refractivity contribution < 1.29 is 5.11 Å². The van der Waals surface area contributed by atoms with Gasteiger partial charge in [-0.15, -0.1) is 0 Å². The van der Waals surface area contributed by atoms with Crippen LogP contribution in [0.4, 0.5) is 0 Å². The SMILES string of the molecule is C=C(C)C1CC=C(CN2CCN(CCO)CC2)CC1. The van der Waals surface area contributed by atoms with E-state index in [2.05, 4.69) is 29.4 Å². The van der Waals surface area contributed by atoms with E-state index in [1.54, 1.807) is 5.57 Å². The van der Waals surface area contributed by atoms with Crippen LogP contribution in [0, 0.1) is 5.92 Å². The Labute approximate surface area is 117 Å². The van der Waals surface area contributed by atoms with Gasteiger partial charge >= 0.3 is 0 Å². The van der Waals surface area contributed by atoms with E-state index < -0.39 is 0 Å². The van der Waals surface area contributed by atoms with E-state index >= 15 is 0 Å². The fourth-order valence-corrected chi connectivity index (χ4v) is 3.08. The van der Waals surface area contributed by atoms with Gasteiger partial charge in [-0.05, 0) is 32.1 Å². The van der Waals surface area contributed by atoms with Crippen molar-refractivity contribution in [1.82, 2.24) is 9.80 Å². The largest absolute Gasteiger partial charge is 0.395 e. The zero-order valence-electron chi connectivity index (χ0n) is 12.3. The number of β-amino-alcohol motifs (C(OH)–C–C–N with tert-alkyl or cyclic N) is 1. The molecule has 3 heteroatoms. The van der Waals surface area contributed by atoms with Crippen molar-refractivity contribution >= 4 is 0 Å². The number of piperazine rings is 1. The standard InChI is InChI=1S/C16H28N2O/c1-14(2)16-5-3-15(4-6-16)13-18-9-7-17(8-10-18)11-12-19/h3,16,19H,1,4-13H2,2H3. The smallest absolute Gasteiger partial charge is 0.0558 e. The van der Waals surface area contributed by atoms with Crippen molar-refractivity contribution in [2.75, 3.05) is 45.9 Å². The van der Waals surface area contributed by atoms with Gasteiger partial charge in [0.15, 0.2) is 0 Å². The number of hydrogen-bond acceptors (Lipinski definition) is 3. The van der Waals surface area contributed by atoms with Gasteiger partial charge in [0.1, 0.15) is 0 Å². The molecule has 0 spiro atoms. The van der Waals surface area contributed by atoms with Crippen molar-refractivity contribution in [1.29, 1.82) is 0 Å². The molecule has 0 aromatic carbocycles. The average Bonchev–Trinajstić information content (AvgIpc) is 2.42. The van der Waals surface area contributed by atoms with Crippen LogP contribution in [0.5, 0.6) is 0 Å². The highest BCUT2D eigenvalue weighted by Gasteiger charge is 2.19. The van der Waals surface area contributed by atoms with Gasteiger partial charge in [-0.3, -0.25) is 9.80 Å². The van der Waals surface area contributed by atoms with Crippen LogP contribution in [-0.2, 0) is 0 Å². The maximum atomic E-state index is 8.94. The van der Waals surface area contributed by atoms with E-state index in [1.807, 2.05) is 0 Å². The fraction of sp³-hybridized carbons (Fsp3) is 0.750. The molecule has 0 saturated carbocycles. The topological polar surface area (TPSA) is 26.7 Å². The van der Waals surface area contributed by atoms with Gasteiger partial charge < -0.3 is 5.11 Å². The molecule has 1 atom stereocenters. The van der Waals surface area contributed by atoms with E-state index in [9.17, 15) is 0 Å². The van der Waals surface area contributed by atoms with Crippen LogP contribution in [-0.4, -0.2) is 60.8 Å². The molecular formula is C16H28N2O. The van der Waals surface area contributed by atoms with Gasteiger partial charge in [-0.1, -0.05) is 23.8 Å². The van der Waals surface area contributed by atoms with Crippen molar-refractivity contribution in [3.63, 3.8) is 0 Å². The molecule has 1 fully saturated rings. The first-order chi connectivity index (χ1) is 9.19. The Kier molecular flexibility index (Phi) is 5.61. The van der Waals surface area contributed by atoms with E-state index in [4.69, 9.17) is 5.11 Å². The molecule has 0 radical (unpaired) electrons. The maximum Gasteiger partial charge on any atom is 0.0558 e. The molecule has 0 aromatic heterocycles. The van der Waals surface area contributed by atoms with Gasteiger partial charge in [0, 0.05) is 39.3 Å². The first kappa shape index (κ1) is 14.8. The Balaban J connectivity index is 1.73. The Morgan fingerprint density at radius 2 is 2.00 bits per heavy atom. The molecular weight excluding hydrogens is 236 g/mol. The predicted molar refractivity (Wildman–Crippen MR) is 80.2 cm³/mol. The normalized spacial score (nSPS) is 26.2. The summed E-state index contributed by atoms with van der Waals surface area (Å²) in [6.07, 6.45) is 6.16. The van der Waals surface area contributed by atoms with Crippen LogP contribution in [0.3, 0.4) is 0 Å². The van der Waals surface area contributed by atoms with E-state index in [0.717, 1.165) is 39.3 Å². The number of hydrogen-bond donors (Lipinski definition) is 1. The quantitative estimate of drug-likeness (QED) is 0.768. The Bertz CT molecular complexity index is 330. The van der Waals surface area contributed by atoms with Crippen molar-refractivity contribution in [2.45, 2.75) is 26.2 Å². The van der Waals surface area contributed by atoms with E-state index in [-0.39, 0.29) is 6.61 Å². The fourth-order valence-electron chi connectivity index (χ4n) is 3.08. The van der Waals surface area contributed by atoms with E-state index in [1.165, 1.54) is 24.8 Å². The molecule has 1 saturated heterocycles. The van der Waals surface area contributed by atoms with Crippen molar-refractivity contribution in [3.05, 3.63) is 23.8 Å². The summed E-state index contributed by atoms with van der Waals surface area (Å²) in [4.78, 5) is 4.91. The summed E-state index contributed by atoms with van der Waals surface area (Å²) in [6, 6.07) is 0. The van der Waals surface area contributed by atoms with Gasteiger partial charge in [-0.2, -0.15) is 0 Å².